The Morgan fingerprint density at radius 2 is 2.11 bits per heavy atom. The molecule has 1 atom stereocenters. The summed E-state index contributed by atoms with van der Waals surface area (Å²) >= 11 is 2.79. The number of aliphatic hydroxyl groups excluding tert-OH is 1. The van der Waals surface area contributed by atoms with E-state index in [2.05, 4.69) is 21.2 Å². The molecule has 7 heteroatoms. The van der Waals surface area contributed by atoms with E-state index in [9.17, 15) is 18.0 Å². The van der Waals surface area contributed by atoms with Crippen LogP contribution >= 0.6 is 15.9 Å². The zero-order valence-corrected chi connectivity index (χ0v) is 11.0. The fourth-order valence-corrected chi connectivity index (χ4v) is 1.84. The van der Waals surface area contributed by atoms with Gasteiger partial charge in [0.2, 0.25) is 0 Å². The number of nitrogens with one attached hydrogen (secondary N) is 1. The van der Waals surface area contributed by atoms with Crippen molar-refractivity contribution in [2.75, 3.05) is 6.61 Å². The molecule has 0 aromatic heterocycles. The molecule has 1 aromatic carbocycles. The predicted molar refractivity (Wildman–Crippen MR) is 63.2 cm³/mol. The van der Waals surface area contributed by atoms with Crippen molar-refractivity contribution in [3.8, 4) is 0 Å². The van der Waals surface area contributed by atoms with Crippen LogP contribution in [0.4, 0.5) is 13.2 Å². The molecule has 100 valence electrons. The second-order valence-electron chi connectivity index (χ2n) is 3.75. The van der Waals surface area contributed by atoms with E-state index >= 15 is 0 Å². The summed E-state index contributed by atoms with van der Waals surface area (Å²) in [6, 6.07) is 2.57. The Hall–Kier alpha value is -1.08. The summed E-state index contributed by atoms with van der Waals surface area (Å²) in [6.45, 7) is 1.34. The van der Waals surface area contributed by atoms with Crippen molar-refractivity contribution in [1.29, 1.82) is 0 Å². The zero-order valence-electron chi connectivity index (χ0n) is 9.38. The molecule has 0 bridgehead atoms. The number of aliphatic hydroxyl groups is 1. The second kappa shape index (κ2) is 5.71. The van der Waals surface area contributed by atoms with Crippen LogP contribution in [0, 0.1) is 0 Å². The molecule has 1 unspecified atom stereocenters. The van der Waals surface area contributed by atoms with Crippen LogP contribution < -0.4 is 5.32 Å². The molecule has 0 fully saturated rings. The van der Waals surface area contributed by atoms with Crippen molar-refractivity contribution < 1.29 is 23.1 Å². The van der Waals surface area contributed by atoms with Gasteiger partial charge in [0.1, 0.15) is 0 Å². The number of alkyl halides is 3. The Labute approximate surface area is 110 Å². The molecule has 1 amide bonds. The molecule has 1 aromatic rings. The number of rotatable bonds is 3. The van der Waals surface area contributed by atoms with Crippen molar-refractivity contribution in [1.82, 2.24) is 5.32 Å². The molecule has 18 heavy (non-hydrogen) atoms. The van der Waals surface area contributed by atoms with Crippen molar-refractivity contribution in [3.05, 3.63) is 33.8 Å². The maximum Gasteiger partial charge on any atom is 0.417 e. The number of hydrogen-bond donors (Lipinski definition) is 2. The van der Waals surface area contributed by atoms with E-state index in [1.165, 1.54) is 0 Å². The lowest BCUT2D eigenvalue weighted by Crippen LogP contribution is -2.35. The van der Waals surface area contributed by atoms with Crippen LogP contribution in [0.1, 0.15) is 22.8 Å². The van der Waals surface area contributed by atoms with Gasteiger partial charge in [-0.1, -0.05) is 15.9 Å². The Bertz CT molecular complexity index is 448. The molecule has 0 saturated carbocycles. The highest BCUT2D eigenvalue weighted by Gasteiger charge is 2.33. The van der Waals surface area contributed by atoms with Crippen molar-refractivity contribution in [2.45, 2.75) is 19.1 Å². The molecule has 0 spiro atoms. The van der Waals surface area contributed by atoms with E-state index < -0.39 is 23.7 Å². The Morgan fingerprint density at radius 1 is 1.50 bits per heavy atom. The molecule has 0 saturated heterocycles. The van der Waals surface area contributed by atoms with Crippen LogP contribution in [0.15, 0.2) is 22.7 Å². The first-order valence-corrected chi connectivity index (χ1v) is 5.83. The van der Waals surface area contributed by atoms with E-state index in [-0.39, 0.29) is 16.6 Å². The van der Waals surface area contributed by atoms with Crippen LogP contribution in [0.3, 0.4) is 0 Å². The van der Waals surface area contributed by atoms with Gasteiger partial charge in [-0.3, -0.25) is 4.79 Å². The SMILES string of the molecule is CC(CO)NC(=O)c1ccc(C(F)(F)F)c(Br)c1. The average Bonchev–Trinajstić information content (AvgIpc) is 2.26. The number of amides is 1. The van der Waals surface area contributed by atoms with Crippen LogP contribution in [0.2, 0.25) is 0 Å². The topological polar surface area (TPSA) is 49.3 Å². The third kappa shape index (κ3) is 3.71. The zero-order chi connectivity index (χ0) is 13.9. The lowest BCUT2D eigenvalue weighted by Gasteiger charge is -2.13. The minimum Gasteiger partial charge on any atom is -0.394 e. The van der Waals surface area contributed by atoms with Gasteiger partial charge in [-0.25, -0.2) is 0 Å². The van der Waals surface area contributed by atoms with Gasteiger partial charge in [0.25, 0.3) is 5.91 Å². The number of carbonyl (C=O) groups is 1. The largest absolute Gasteiger partial charge is 0.417 e. The van der Waals surface area contributed by atoms with Crippen LogP contribution in [-0.4, -0.2) is 23.7 Å². The molecule has 0 aliphatic rings. The molecule has 0 aliphatic heterocycles. The Balaban J connectivity index is 2.94. The summed E-state index contributed by atoms with van der Waals surface area (Å²) in [5.41, 5.74) is -0.746. The second-order valence-corrected chi connectivity index (χ2v) is 4.60. The fourth-order valence-electron chi connectivity index (χ4n) is 1.24. The minimum atomic E-state index is -4.47. The van der Waals surface area contributed by atoms with E-state index in [1.807, 2.05) is 0 Å². The van der Waals surface area contributed by atoms with Crippen molar-refractivity contribution in [2.24, 2.45) is 0 Å². The summed E-state index contributed by atoms with van der Waals surface area (Å²) in [7, 11) is 0. The highest BCUT2D eigenvalue weighted by Crippen LogP contribution is 2.35. The Morgan fingerprint density at radius 3 is 2.56 bits per heavy atom. The summed E-state index contributed by atoms with van der Waals surface area (Å²) < 4.78 is 37.3. The molecule has 0 aliphatic carbocycles. The van der Waals surface area contributed by atoms with Crippen molar-refractivity contribution >= 4 is 21.8 Å². The predicted octanol–water partition coefficient (Wildman–Crippen LogP) is 2.58. The number of benzene rings is 1. The first-order chi connectivity index (χ1) is 8.25. The number of hydrogen-bond acceptors (Lipinski definition) is 2. The van der Waals surface area contributed by atoms with Gasteiger partial charge in [-0.15, -0.1) is 0 Å². The highest BCUT2D eigenvalue weighted by molar-refractivity contribution is 9.10. The summed E-state index contributed by atoms with van der Waals surface area (Å²) in [5.74, 6) is -0.536. The summed E-state index contributed by atoms with van der Waals surface area (Å²) in [5, 5.41) is 11.2. The molecule has 0 radical (unpaired) electrons. The van der Waals surface area contributed by atoms with Gasteiger partial charge in [-0.2, -0.15) is 13.2 Å². The van der Waals surface area contributed by atoms with Crippen LogP contribution in [0.5, 0.6) is 0 Å². The van der Waals surface area contributed by atoms with Gasteiger partial charge in [-0.05, 0) is 25.1 Å². The molecule has 2 N–H and O–H groups in total. The quantitative estimate of drug-likeness (QED) is 0.897. The lowest BCUT2D eigenvalue weighted by atomic mass is 10.1. The third-order valence-corrected chi connectivity index (χ3v) is 2.84. The third-order valence-electron chi connectivity index (χ3n) is 2.19. The van der Waals surface area contributed by atoms with Crippen LogP contribution in [-0.2, 0) is 6.18 Å². The van der Waals surface area contributed by atoms with Gasteiger partial charge in [0.05, 0.1) is 12.2 Å². The number of halogens is 4. The summed E-state index contributed by atoms with van der Waals surface area (Å²) in [4.78, 5) is 11.6. The average molecular weight is 326 g/mol. The minimum absolute atomic E-state index is 0.0928. The van der Waals surface area contributed by atoms with Gasteiger partial charge >= 0.3 is 6.18 Å². The van der Waals surface area contributed by atoms with Crippen LogP contribution in [0.25, 0.3) is 0 Å². The first kappa shape index (κ1) is 15.0. The van der Waals surface area contributed by atoms with E-state index in [1.54, 1.807) is 6.92 Å². The standard InChI is InChI=1S/C11H11BrF3NO2/c1-6(5-17)16-10(18)7-2-3-8(9(12)4-7)11(13,14)15/h2-4,6,17H,5H2,1H3,(H,16,18). The molecule has 0 heterocycles. The first-order valence-electron chi connectivity index (χ1n) is 5.04. The maximum atomic E-state index is 12.5. The van der Waals surface area contributed by atoms with E-state index in [4.69, 9.17) is 5.11 Å². The molecular formula is C11H11BrF3NO2. The van der Waals surface area contributed by atoms with Crippen molar-refractivity contribution in [3.63, 3.8) is 0 Å². The number of carbonyl (C=O) groups excluding carboxylic acids is 1. The molecular weight excluding hydrogens is 315 g/mol. The molecule has 1 rings (SSSR count). The lowest BCUT2D eigenvalue weighted by molar-refractivity contribution is -0.138. The van der Waals surface area contributed by atoms with Gasteiger partial charge in [0, 0.05) is 16.1 Å². The fraction of sp³-hybridized carbons (Fsp3) is 0.364. The van der Waals surface area contributed by atoms with Gasteiger partial charge < -0.3 is 10.4 Å². The Kier molecular flexibility index (Phi) is 4.75. The van der Waals surface area contributed by atoms with E-state index in [0.29, 0.717) is 0 Å². The maximum absolute atomic E-state index is 12.5. The monoisotopic (exact) mass is 325 g/mol. The highest BCUT2D eigenvalue weighted by atomic mass is 79.9. The molecule has 3 nitrogen and oxygen atoms in total. The summed E-state index contributed by atoms with van der Waals surface area (Å²) in [6.07, 6.45) is -4.47. The smallest absolute Gasteiger partial charge is 0.394 e. The van der Waals surface area contributed by atoms with E-state index in [0.717, 1.165) is 18.2 Å². The normalized spacial score (nSPS) is 13.2. The van der Waals surface area contributed by atoms with Gasteiger partial charge in [0.15, 0.2) is 0 Å².